The summed E-state index contributed by atoms with van der Waals surface area (Å²) >= 11 is 0. The number of hydrogen-bond donors (Lipinski definition) is 0. The van der Waals surface area contributed by atoms with Crippen molar-refractivity contribution in [3.8, 4) is 0 Å². The van der Waals surface area contributed by atoms with Gasteiger partial charge >= 0.3 is 19.5 Å². The summed E-state index contributed by atoms with van der Waals surface area (Å²) in [6, 6.07) is 0. The van der Waals surface area contributed by atoms with Gasteiger partial charge in [0.1, 0.15) is 0 Å². The Morgan fingerprint density at radius 2 is 0.889 bits per heavy atom. The van der Waals surface area contributed by atoms with Crippen molar-refractivity contribution in [3.05, 3.63) is 0 Å². The zero-order chi connectivity index (χ0) is 7.00. The SMILES string of the molecule is O=S(=O)([O-])S(=O)(=O)[O-].[Ru+2]. The van der Waals surface area contributed by atoms with E-state index in [9.17, 15) is 25.9 Å². The summed E-state index contributed by atoms with van der Waals surface area (Å²) in [5.41, 5.74) is 0. The van der Waals surface area contributed by atoms with Gasteiger partial charge in [0.2, 0.25) is 0 Å². The minimum Gasteiger partial charge on any atom is -0.736 e. The van der Waals surface area contributed by atoms with Crippen LogP contribution in [-0.2, 0) is 37.8 Å². The average Bonchev–Trinajstić information content (AvgIpc) is 1.25. The maximum absolute atomic E-state index is 9.20. The van der Waals surface area contributed by atoms with E-state index in [0.29, 0.717) is 0 Å². The molecule has 9 heavy (non-hydrogen) atoms. The molecule has 6 nitrogen and oxygen atoms in total. The fourth-order valence-corrected chi connectivity index (χ4v) is 0. The van der Waals surface area contributed by atoms with Crippen molar-refractivity contribution in [2.24, 2.45) is 0 Å². The van der Waals surface area contributed by atoms with Crippen molar-refractivity contribution in [1.29, 1.82) is 0 Å². The van der Waals surface area contributed by atoms with Gasteiger partial charge in [-0.15, -0.1) is 0 Å². The molecule has 0 heterocycles. The fraction of sp³-hybridized carbons (Fsp3) is 0. The third-order valence-corrected chi connectivity index (χ3v) is 2.25. The molecule has 0 spiro atoms. The third kappa shape index (κ3) is 3.93. The van der Waals surface area contributed by atoms with Gasteiger partial charge in [-0.3, -0.25) is 0 Å². The van der Waals surface area contributed by atoms with Gasteiger partial charge in [-0.05, 0) is 0 Å². The number of rotatable bonds is 1. The van der Waals surface area contributed by atoms with Gasteiger partial charge in [-0.1, -0.05) is 0 Å². The molecular weight excluding hydrogens is 261 g/mol. The van der Waals surface area contributed by atoms with E-state index in [-0.39, 0.29) is 19.5 Å². The summed E-state index contributed by atoms with van der Waals surface area (Å²) < 4.78 is 55.2. The molecular formula is O6RuS2. The van der Waals surface area contributed by atoms with Crippen LogP contribution in [0, 0.1) is 0 Å². The van der Waals surface area contributed by atoms with Crippen LogP contribution in [0.2, 0.25) is 0 Å². The molecule has 0 bridgehead atoms. The van der Waals surface area contributed by atoms with Crippen molar-refractivity contribution < 1.29 is 45.4 Å². The van der Waals surface area contributed by atoms with E-state index in [1.165, 1.54) is 0 Å². The van der Waals surface area contributed by atoms with Crippen LogP contribution in [0.15, 0.2) is 0 Å². The van der Waals surface area contributed by atoms with Crippen molar-refractivity contribution >= 4 is 18.3 Å². The molecule has 0 unspecified atom stereocenters. The molecule has 0 atom stereocenters. The Hall–Kier alpha value is 0.443. The number of hydrogen-bond acceptors (Lipinski definition) is 6. The molecule has 0 saturated heterocycles. The Bertz CT molecular complexity index is 223. The maximum atomic E-state index is 9.20. The minimum atomic E-state index is -5.67. The quantitative estimate of drug-likeness (QED) is 0.306. The summed E-state index contributed by atoms with van der Waals surface area (Å²) in [5.74, 6) is 0. The molecule has 0 amide bonds. The van der Waals surface area contributed by atoms with Crippen LogP contribution in [0.3, 0.4) is 0 Å². The van der Waals surface area contributed by atoms with E-state index < -0.39 is 18.3 Å². The zero-order valence-corrected chi connectivity index (χ0v) is 6.99. The average molecular weight is 261 g/mol. The van der Waals surface area contributed by atoms with Crippen LogP contribution in [0.4, 0.5) is 0 Å². The van der Waals surface area contributed by atoms with E-state index in [1.54, 1.807) is 0 Å². The maximum Gasteiger partial charge on any atom is 2.00 e. The third-order valence-electron chi connectivity index (χ3n) is 0.250. The molecule has 0 aliphatic carbocycles. The van der Waals surface area contributed by atoms with Crippen LogP contribution in [-0.4, -0.2) is 25.9 Å². The van der Waals surface area contributed by atoms with Crippen molar-refractivity contribution in [2.75, 3.05) is 0 Å². The Morgan fingerprint density at radius 3 is 0.889 bits per heavy atom. The van der Waals surface area contributed by atoms with Crippen LogP contribution >= 0.6 is 0 Å². The van der Waals surface area contributed by atoms with Gasteiger partial charge in [-0.25, -0.2) is 16.8 Å². The minimum absolute atomic E-state index is 0. The van der Waals surface area contributed by atoms with Crippen LogP contribution in [0.5, 0.6) is 0 Å². The Morgan fingerprint density at radius 1 is 0.778 bits per heavy atom. The first-order valence-electron chi connectivity index (χ1n) is 1.17. The standard InChI is InChI=1S/H2O6S2.Ru/c1-7(2,3)8(4,5)6;/h(H,1,2,3)(H,4,5,6);/q;+2/p-2. The predicted molar refractivity (Wildman–Crippen MR) is 19.4 cm³/mol. The van der Waals surface area contributed by atoms with Gasteiger partial charge in [0.05, 0.1) is 0 Å². The van der Waals surface area contributed by atoms with Crippen molar-refractivity contribution in [3.63, 3.8) is 0 Å². The van der Waals surface area contributed by atoms with Crippen molar-refractivity contribution in [2.45, 2.75) is 0 Å². The van der Waals surface area contributed by atoms with E-state index in [0.717, 1.165) is 0 Å². The molecule has 0 aromatic heterocycles. The second kappa shape index (κ2) is 3.02. The molecule has 0 radical (unpaired) electrons. The van der Waals surface area contributed by atoms with Gasteiger partial charge in [-0.2, -0.15) is 0 Å². The summed E-state index contributed by atoms with van der Waals surface area (Å²) in [6.45, 7) is 0. The summed E-state index contributed by atoms with van der Waals surface area (Å²) in [5, 5.41) is 0. The topological polar surface area (TPSA) is 114 Å². The molecule has 0 aliphatic rings. The fourth-order valence-electron chi connectivity index (χ4n) is 0. The van der Waals surface area contributed by atoms with Gasteiger partial charge in [0.15, 0.2) is 18.3 Å². The van der Waals surface area contributed by atoms with E-state index in [1.807, 2.05) is 0 Å². The van der Waals surface area contributed by atoms with E-state index in [4.69, 9.17) is 0 Å². The largest absolute Gasteiger partial charge is 2.00 e. The molecule has 56 valence electrons. The van der Waals surface area contributed by atoms with Crippen molar-refractivity contribution in [1.82, 2.24) is 0 Å². The first-order valence-corrected chi connectivity index (χ1v) is 4.50. The Labute approximate surface area is 63.9 Å². The molecule has 9 heteroatoms. The molecule has 0 saturated carbocycles. The zero-order valence-electron chi connectivity index (χ0n) is 3.62. The first kappa shape index (κ1) is 12.2. The summed E-state index contributed by atoms with van der Waals surface area (Å²) in [7, 11) is -11.3. The first-order chi connectivity index (χ1) is 3.25. The smallest absolute Gasteiger partial charge is 0.736 e. The van der Waals surface area contributed by atoms with Gasteiger partial charge < -0.3 is 9.11 Å². The molecule has 0 aromatic carbocycles. The van der Waals surface area contributed by atoms with E-state index >= 15 is 0 Å². The van der Waals surface area contributed by atoms with Gasteiger partial charge in [0, 0.05) is 0 Å². The normalized spacial score (nSPS) is 12.2. The Kier molecular flexibility index (Phi) is 4.08. The van der Waals surface area contributed by atoms with E-state index in [2.05, 4.69) is 0 Å². The second-order valence-corrected chi connectivity index (χ2v) is 4.90. The summed E-state index contributed by atoms with van der Waals surface area (Å²) in [6.07, 6.45) is 0. The van der Waals surface area contributed by atoms with Crippen LogP contribution in [0.25, 0.3) is 0 Å². The molecule has 0 N–H and O–H groups in total. The molecule has 0 rings (SSSR count). The predicted octanol–water partition coefficient (Wildman–Crippen LogP) is -2.01. The second-order valence-electron chi connectivity index (χ2n) is 0.816. The molecule has 0 aromatic rings. The molecule has 0 fully saturated rings. The monoisotopic (exact) mass is 262 g/mol. The van der Waals surface area contributed by atoms with Crippen LogP contribution < -0.4 is 0 Å². The Balaban J connectivity index is 0. The summed E-state index contributed by atoms with van der Waals surface area (Å²) in [4.78, 5) is 0. The molecule has 0 aliphatic heterocycles. The van der Waals surface area contributed by atoms with Gasteiger partial charge in [0.25, 0.3) is 0 Å². The van der Waals surface area contributed by atoms with Crippen LogP contribution in [0.1, 0.15) is 0 Å².